The minimum atomic E-state index is -0.493. The Labute approximate surface area is 202 Å². The molecule has 4 aliphatic carbocycles. The lowest BCUT2D eigenvalue weighted by molar-refractivity contribution is -0.151. The summed E-state index contributed by atoms with van der Waals surface area (Å²) in [5.41, 5.74) is 0.764. The lowest BCUT2D eigenvalue weighted by Crippen LogP contribution is -2.55. The molecule has 4 saturated carbocycles. The highest BCUT2D eigenvalue weighted by molar-refractivity contribution is 5.85. The molecule has 184 valence electrons. The van der Waals surface area contributed by atoms with Crippen LogP contribution in [0.25, 0.3) is 10.9 Å². The highest BCUT2D eigenvalue weighted by Crippen LogP contribution is 2.68. The van der Waals surface area contributed by atoms with E-state index in [1.165, 1.54) is 31.4 Å². The molecule has 4 nitrogen and oxygen atoms in total. The van der Waals surface area contributed by atoms with Gasteiger partial charge in [-0.1, -0.05) is 13.8 Å². The smallest absolute Gasteiger partial charge is 0.157 e. The van der Waals surface area contributed by atoms with Crippen molar-refractivity contribution >= 4 is 16.7 Å². The predicted octanol–water partition coefficient (Wildman–Crippen LogP) is 6.15. The number of ketones is 1. The number of halogens is 1. The fourth-order valence-corrected chi connectivity index (χ4v) is 9.40. The minimum Gasteiger partial charge on any atom is -0.390 e. The quantitative estimate of drug-likeness (QED) is 0.590. The number of carbonyl (C=O) groups excluding carboxylic acids is 1. The second kappa shape index (κ2) is 7.62. The molecule has 0 saturated heterocycles. The summed E-state index contributed by atoms with van der Waals surface area (Å²) in [7, 11) is 0. The van der Waals surface area contributed by atoms with Crippen LogP contribution in [-0.4, -0.2) is 26.3 Å². The van der Waals surface area contributed by atoms with Crippen molar-refractivity contribution in [2.75, 3.05) is 0 Å². The van der Waals surface area contributed by atoms with Crippen LogP contribution >= 0.6 is 0 Å². The molecule has 1 N–H and O–H groups in total. The molecule has 0 aliphatic heterocycles. The van der Waals surface area contributed by atoms with Crippen LogP contribution < -0.4 is 0 Å². The third-order valence-electron chi connectivity index (χ3n) is 11.3. The molecular formula is C29H39FN2O2. The number of Topliss-reactive ketones (excluding diaryl/α,β-unsaturated/α-hetero) is 1. The summed E-state index contributed by atoms with van der Waals surface area (Å²) in [6, 6.07) is 4.66. The Bertz CT molecular complexity index is 1120. The molecule has 1 aromatic heterocycles. The molecule has 0 bridgehead atoms. The van der Waals surface area contributed by atoms with Crippen LogP contribution in [-0.2, 0) is 11.3 Å². The maximum absolute atomic E-state index is 13.6. The molecule has 34 heavy (non-hydrogen) atoms. The van der Waals surface area contributed by atoms with E-state index in [1.54, 1.807) is 16.9 Å². The molecule has 2 aromatic rings. The van der Waals surface area contributed by atoms with Gasteiger partial charge in [-0.3, -0.25) is 9.48 Å². The van der Waals surface area contributed by atoms with E-state index in [-0.39, 0.29) is 23.7 Å². The van der Waals surface area contributed by atoms with E-state index in [1.807, 2.05) is 6.92 Å². The van der Waals surface area contributed by atoms with E-state index in [9.17, 15) is 14.3 Å². The standard InChI is InChI=1S/C29H39FN2O2/c1-27(34)12-13-28(2)19(15-27)4-6-21-22-7-8-24(29(22,3)11-10-23(21)28)26(33)17-32-25-9-5-20(30)14-18(25)16-31-32/h5,9,14,16,19,21-24,34H,4,6-8,10-13,15,17H2,1-3H3/t19?,21?,22?,23?,24?,27-,28?,29?/m1/s1. The van der Waals surface area contributed by atoms with Gasteiger partial charge in [0.2, 0.25) is 0 Å². The van der Waals surface area contributed by atoms with Gasteiger partial charge in [0.15, 0.2) is 5.78 Å². The van der Waals surface area contributed by atoms with Gasteiger partial charge in [0.1, 0.15) is 12.4 Å². The first kappa shape index (κ1) is 22.7. The first-order valence-electron chi connectivity index (χ1n) is 13.5. The Morgan fingerprint density at radius 1 is 1.06 bits per heavy atom. The van der Waals surface area contributed by atoms with E-state index in [2.05, 4.69) is 18.9 Å². The predicted molar refractivity (Wildman–Crippen MR) is 131 cm³/mol. The number of hydrogen-bond acceptors (Lipinski definition) is 3. The summed E-state index contributed by atoms with van der Waals surface area (Å²) >= 11 is 0. The SMILES string of the molecule is CC12CC[C@@](C)(O)CC1CCC1C2CCC2(C)C(C(=O)Cn3ncc4cc(F)ccc43)CCC12. The van der Waals surface area contributed by atoms with Crippen molar-refractivity contribution in [3.05, 3.63) is 30.2 Å². The maximum atomic E-state index is 13.6. The summed E-state index contributed by atoms with van der Waals surface area (Å²) in [4.78, 5) is 13.6. The number of fused-ring (bicyclic) bond motifs is 6. The fraction of sp³-hybridized carbons (Fsp3) is 0.724. The van der Waals surface area contributed by atoms with Crippen molar-refractivity contribution in [3.63, 3.8) is 0 Å². The van der Waals surface area contributed by atoms with Gasteiger partial charge >= 0.3 is 0 Å². The first-order chi connectivity index (χ1) is 16.1. The highest BCUT2D eigenvalue weighted by atomic mass is 19.1. The average molecular weight is 467 g/mol. The van der Waals surface area contributed by atoms with Crippen molar-refractivity contribution < 1.29 is 14.3 Å². The number of benzene rings is 1. The van der Waals surface area contributed by atoms with Gasteiger partial charge in [0, 0.05) is 11.3 Å². The molecule has 4 aliphatic rings. The van der Waals surface area contributed by atoms with E-state index in [0.717, 1.165) is 55.3 Å². The zero-order valence-corrected chi connectivity index (χ0v) is 20.9. The summed E-state index contributed by atoms with van der Waals surface area (Å²) in [6.07, 6.45) is 11.7. The number of rotatable bonds is 3. The lowest BCUT2D eigenvalue weighted by Gasteiger charge is -2.61. The third kappa shape index (κ3) is 3.32. The summed E-state index contributed by atoms with van der Waals surface area (Å²) < 4.78 is 15.3. The van der Waals surface area contributed by atoms with Gasteiger partial charge in [-0.05, 0) is 117 Å². The zero-order chi connectivity index (χ0) is 23.9. The van der Waals surface area contributed by atoms with Crippen molar-refractivity contribution in [2.45, 2.75) is 90.7 Å². The van der Waals surface area contributed by atoms with Gasteiger partial charge in [-0.2, -0.15) is 5.10 Å². The maximum Gasteiger partial charge on any atom is 0.157 e. The second-order valence-electron chi connectivity index (χ2n) is 13.0. The Kier molecular flexibility index (Phi) is 5.09. The molecule has 4 fully saturated rings. The van der Waals surface area contributed by atoms with Crippen molar-refractivity contribution in [2.24, 2.45) is 40.4 Å². The summed E-state index contributed by atoms with van der Waals surface area (Å²) in [5, 5.41) is 15.9. The zero-order valence-electron chi connectivity index (χ0n) is 20.9. The summed E-state index contributed by atoms with van der Waals surface area (Å²) in [5.74, 6) is 2.84. The number of aromatic nitrogens is 2. The Morgan fingerprint density at radius 2 is 1.85 bits per heavy atom. The molecule has 1 heterocycles. The van der Waals surface area contributed by atoms with Gasteiger partial charge in [0.25, 0.3) is 0 Å². The van der Waals surface area contributed by atoms with Crippen LogP contribution in [0.3, 0.4) is 0 Å². The van der Waals surface area contributed by atoms with Crippen LogP contribution in [0.15, 0.2) is 24.4 Å². The molecule has 0 amide bonds. The van der Waals surface area contributed by atoms with E-state index in [4.69, 9.17) is 0 Å². The largest absolute Gasteiger partial charge is 0.390 e. The normalized spacial score (nSPS) is 43.9. The fourth-order valence-electron chi connectivity index (χ4n) is 9.40. The molecule has 7 unspecified atom stereocenters. The van der Waals surface area contributed by atoms with Gasteiger partial charge < -0.3 is 5.11 Å². The molecule has 0 spiro atoms. The second-order valence-corrected chi connectivity index (χ2v) is 13.0. The van der Waals surface area contributed by atoms with E-state index in [0.29, 0.717) is 29.0 Å². The van der Waals surface area contributed by atoms with Gasteiger partial charge in [-0.25, -0.2) is 4.39 Å². The van der Waals surface area contributed by atoms with Crippen molar-refractivity contribution in [3.8, 4) is 0 Å². The monoisotopic (exact) mass is 466 g/mol. The van der Waals surface area contributed by atoms with Gasteiger partial charge in [0.05, 0.1) is 17.3 Å². The van der Waals surface area contributed by atoms with Crippen molar-refractivity contribution in [1.29, 1.82) is 0 Å². The summed E-state index contributed by atoms with van der Waals surface area (Å²) in [6.45, 7) is 7.24. The van der Waals surface area contributed by atoms with Crippen LogP contribution in [0, 0.1) is 46.2 Å². The highest BCUT2D eigenvalue weighted by Gasteiger charge is 2.61. The number of nitrogens with zero attached hydrogens (tertiary/aromatic N) is 2. The van der Waals surface area contributed by atoms with Crippen LogP contribution in [0.2, 0.25) is 0 Å². The molecule has 8 atom stereocenters. The minimum absolute atomic E-state index is 0.0800. The number of aliphatic hydroxyl groups is 1. The Hall–Kier alpha value is -1.75. The molecular weight excluding hydrogens is 427 g/mol. The van der Waals surface area contributed by atoms with Crippen LogP contribution in [0.1, 0.15) is 78.6 Å². The molecule has 1 aromatic carbocycles. The Morgan fingerprint density at radius 3 is 2.68 bits per heavy atom. The first-order valence-corrected chi connectivity index (χ1v) is 13.5. The molecule has 0 radical (unpaired) electrons. The van der Waals surface area contributed by atoms with Crippen LogP contribution in [0.4, 0.5) is 4.39 Å². The Balaban J connectivity index is 1.21. The number of carbonyl (C=O) groups is 1. The third-order valence-corrected chi connectivity index (χ3v) is 11.3. The molecule has 5 heteroatoms. The average Bonchev–Trinajstić information content (AvgIpc) is 3.34. The van der Waals surface area contributed by atoms with Gasteiger partial charge in [-0.15, -0.1) is 0 Å². The molecule has 6 rings (SSSR count). The van der Waals surface area contributed by atoms with Crippen molar-refractivity contribution in [1.82, 2.24) is 9.78 Å². The van der Waals surface area contributed by atoms with Crippen LogP contribution in [0.5, 0.6) is 0 Å². The van der Waals surface area contributed by atoms with E-state index >= 15 is 0 Å². The number of hydrogen-bond donors (Lipinski definition) is 1. The van der Waals surface area contributed by atoms with E-state index < -0.39 is 5.60 Å². The lowest BCUT2D eigenvalue weighted by atomic mass is 9.44. The topological polar surface area (TPSA) is 55.1 Å².